The number of rotatable bonds is 4. The number of aryl methyl sites for hydroxylation is 1. The van der Waals surface area contributed by atoms with Gasteiger partial charge in [-0.2, -0.15) is 0 Å². The van der Waals surface area contributed by atoms with Gasteiger partial charge in [-0.3, -0.25) is 0 Å². The highest BCUT2D eigenvalue weighted by Crippen LogP contribution is 2.29. The topological polar surface area (TPSA) is 55.5 Å². The number of thiocarbonyl (C=S) groups is 1. The Kier molecular flexibility index (Phi) is 4.14. The van der Waals surface area contributed by atoms with E-state index < -0.39 is 0 Å². The Bertz CT molecular complexity index is 611. The van der Waals surface area contributed by atoms with Crippen molar-refractivity contribution in [2.45, 2.75) is 13.5 Å². The second-order valence-corrected chi connectivity index (χ2v) is 4.66. The SMILES string of the molecule is Cc1cccc(C(N)=S)c1Oc1cccc(CO)c1. The van der Waals surface area contributed by atoms with Gasteiger partial charge in [0.2, 0.25) is 0 Å². The second-order valence-electron chi connectivity index (χ2n) is 4.22. The molecule has 19 heavy (non-hydrogen) atoms. The minimum atomic E-state index is -0.0207. The summed E-state index contributed by atoms with van der Waals surface area (Å²) in [5.74, 6) is 1.31. The molecule has 0 saturated carbocycles. The lowest BCUT2D eigenvalue weighted by atomic mass is 10.1. The number of aliphatic hydroxyl groups excluding tert-OH is 1. The molecule has 0 radical (unpaired) electrons. The zero-order chi connectivity index (χ0) is 13.8. The van der Waals surface area contributed by atoms with Crippen molar-refractivity contribution in [3.8, 4) is 11.5 Å². The fourth-order valence-corrected chi connectivity index (χ4v) is 1.97. The fraction of sp³-hybridized carbons (Fsp3) is 0.133. The molecule has 0 saturated heterocycles. The summed E-state index contributed by atoms with van der Waals surface area (Å²) in [6.45, 7) is 1.92. The standard InChI is InChI=1S/C15H15NO2S/c1-10-4-2-7-13(15(16)19)14(10)18-12-6-3-5-11(8-12)9-17/h2-8,17H,9H2,1H3,(H2,16,19). The molecule has 0 atom stereocenters. The van der Waals surface area contributed by atoms with E-state index in [9.17, 15) is 0 Å². The van der Waals surface area contributed by atoms with Gasteiger partial charge >= 0.3 is 0 Å². The largest absolute Gasteiger partial charge is 0.456 e. The maximum atomic E-state index is 9.13. The summed E-state index contributed by atoms with van der Waals surface area (Å²) >= 11 is 5.03. The fourth-order valence-electron chi connectivity index (χ4n) is 1.81. The molecule has 0 aliphatic heterocycles. The molecule has 98 valence electrons. The Labute approximate surface area is 117 Å². The number of aliphatic hydroxyl groups is 1. The van der Waals surface area contributed by atoms with Crippen LogP contribution in [0.4, 0.5) is 0 Å². The van der Waals surface area contributed by atoms with Crippen molar-refractivity contribution in [3.63, 3.8) is 0 Å². The maximum absolute atomic E-state index is 9.13. The van der Waals surface area contributed by atoms with Crippen LogP contribution in [0.5, 0.6) is 11.5 Å². The molecule has 4 heteroatoms. The van der Waals surface area contributed by atoms with Crippen LogP contribution in [0.3, 0.4) is 0 Å². The molecule has 0 fully saturated rings. The Morgan fingerprint density at radius 2 is 2.00 bits per heavy atom. The number of para-hydroxylation sites is 1. The highest BCUT2D eigenvalue weighted by Gasteiger charge is 2.10. The summed E-state index contributed by atoms with van der Waals surface area (Å²) in [6.07, 6.45) is 0. The van der Waals surface area contributed by atoms with E-state index in [1.807, 2.05) is 43.3 Å². The quantitative estimate of drug-likeness (QED) is 0.841. The van der Waals surface area contributed by atoms with Crippen molar-refractivity contribution in [1.82, 2.24) is 0 Å². The molecule has 2 aromatic carbocycles. The normalized spacial score (nSPS) is 10.2. The van der Waals surface area contributed by atoms with Gasteiger partial charge in [0, 0.05) is 0 Å². The highest BCUT2D eigenvalue weighted by molar-refractivity contribution is 7.80. The second kappa shape index (κ2) is 5.82. The first kappa shape index (κ1) is 13.5. The number of hydrogen-bond donors (Lipinski definition) is 2. The van der Waals surface area contributed by atoms with Crippen LogP contribution in [0, 0.1) is 6.92 Å². The molecule has 0 aromatic heterocycles. The van der Waals surface area contributed by atoms with E-state index in [-0.39, 0.29) is 6.61 Å². The molecule has 0 bridgehead atoms. The molecule has 0 aliphatic rings. The Morgan fingerprint density at radius 1 is 1.26 bits per heavy atom. The summed E-state index contributed by atoms with van der Waals surface area (Å²) in [7, 11) is 0. The van der Waals surface area contributed by atoms with Crippen LogP contribution in [-0.4, -0.2) is 10.1 Å². The minimum absolute atomic E-state index is 0.0207. The van der Waals surface area contributed by atoms with E-state index in [2.05, 4.69) is 0 Å². The van der Waals surface area contributed by atoms with Gasteiger partial charge in [-0.25, -0.2) is 0 Å². The molecule has 0 spiro atoms. The lowest BCUT2D eigenvalue weighted by Crippen LogP contribution is -2.11. The zero-order valence-electron chi connectivity index (χ0n) is 10.6. The third-order valence-corrected chi connectivity index (χ3v) is 3.00. The van der Waals surface area contributed by atoms with Crippen LogP contribution in [0.15, 0.2) is 42.5 Å². The third kappa shape index (κ3) is 3.10. The first-order valence-corrected chi connectivity index (χ1v) is 6.29. The van der Waals surface area contributed by atoms with Gasteiger partial charge in [-0.05, 0) is 36.2 Å². The number of nitrogens with two attached hydrogens (primary N) is 1. The maximum Gasteiger partial charge on any atom is 0.140 e. The molecule has 2 aromatic rings. The molecule has 0 amide bonds. The summed E-state index contributed by atoms with van der Waals surface area (Å²) < 4.78 is 5.87. The highest BCUT2D eigenvalue weighted by atomic mass is 32.1. The predicted octanol–water partition coefficient (Wildman–Crippen LogP) is 2.91. The Morgan fingerprint density at radius 3 is 2.68 bits per heavy atom. The average Bonchev–Trinajstić information content (AvgIpc) is 2.41. The number of hydrogen-bond acceptors (Lipinski definition) is 3. The minimum Gasteiger partial charge on any atom is -0.456 e. The van der Waals surface area contributed by atoms with Crippen molar-refractivity contribution in [1.29, 1.82) is 0 Å². The van der Waals surface area contributed by atoms with Crippen LogP contribution in [0.1, 0.15) is 16.7 Å². The van der Waals surface area contributed by atoms with Crippen LogP contribution in [0.25, 0.3) is 0 Å². The Hall–Kier alpha value is -1.91. The summed E-state index contributed by atoms with van der Waals surface area (Å²) in [5.41, 5.74) is 8.17. The average molecular weight is 273 g/mol. The lowest BCUT2D eigenvalue weighted by molar-refractivity contribution is 0.281. The molecular weight excluding hydrogens is 258 g/mol. The van der Waals surface area contributed by atoms with E-state index in [1.165, 1.54) is 0 Å². The predicted molar refractivity (Wildman–Crippen MR) is 79.5 cm³/mol. The van der Waals surface area contributed by atoms with E-state index in [4.69, 9.17) is 27.8 Å². The molecule has 0 aliphatic carbocycles. The summed E-state index contributed by atoms with van der Waals surface area (Å²) in [5, 5.41) is 9.13. The van der Waals surface area contributed by atoms with Crippen molar-refractivity contribution >= 4 is 17.2 Å². The number of benzene rings is 2. The lowest BCUT2D eigenvalue weighted by Gasteiger charge is -2.13. The van der Waals surface area contributed by atoms with Crippen molar-refractivity contribution in [2.75, 3.05) is 0 Å². The van der Waals surface area contributed by atoms with Crippen molar-refractivity contribution in [3.05, 3.63) is 59.2 Å². The van der Waals surface area contributed by atoms with Gasteiger partial charge < -0.3 is 15.6 Å². The van der Waals surface area contributed by atoms with Crippen LogP contribution in [-0.2, 0) is 6.61 Å². The first-order chi connectivity index (χ1) is 9.11. The summed E-state index contributed by atoms with van der Waals surface area (Å²) in [4.78, 5) is 0.303. The zero-order valence-corrected chi connectivity index (χ0v) is 11.4. The third-order valence-electron chi connectivity index (χ3n) is 2.78. The molecule has 3 N–H and O–H groups in total. The molecular formula is C15H15NO2S. The van der Waals surface area contributed by atoms with Gasteiger partial charge in [0.1, 0.15) is 16.5 Å². The smallest absolute Gasteiger partial charge is 0.140 e. The molecule has 0 heterocycles. The van der Waals surface area contributed by atoms with Gasteiger partial charge in [-0.15, -0.1) is 0 Å². The Balaban J connectivity index is 2.40. The van der Waals surface area contributed by atoms with Crippen LogP contribution in [0.2, 0.25) is 0 Å². The molecule has 0 unspecified atom stereocenters. The summed E-state index contributed by atoms with van der Waals surface area (Å²) in [6, 6.07) is 12.9. The van der Waals surface area contributed by atoms with Gasteiger partial charge in [0.05, 0.1) is 12.2 Å². The van der Waals surface area contributed by atoms with Crippen molar-refractivity contribution in [2.24, 2.45) is 5.73 Å². The molecule has 3 nitrogen and oxygen atoms in total. The number of ether oxygens (including phenoxy) is 1. The van der Waals surface area contributed by atoms with Gasteiger partial charge in [-0.1, -0.05) is 36.5 Å². The van der Waals surface area contributed by atoms with Gasteiger partial charge in [0.15, 0.2) is 0 Å². The van der Waals surface area contributed by atoms with Crippen molar-refractivity contribution < 1.29 is 9.84 Å². The van der Waals surface area contributed by atoms with E-state index in [0.29, 0.717) is 22.1 Å². The van der Waals surface area contributed by atoms with Crippen LogP contribution < -0.4 is 10.5 Å². The molecule has 2 rings (SSSR count). The van der Waals surface area contributed by atoms with E-state index >= 15 is 0 Å². The van der Waals surface area contributed by atoms with E-state index in [1.54, 1.807) is 6.07 Å². The monoisotopic (exact) mass is 273 g/mol. The van der Waals surface area contributed by atoms with E-state index in [0.717, 1.165) is 11.1 Å². The van der Waals surface area contributed by atoms with Crippen LogP contribution >= 0.6 is 12.2 Å². The first-order valence-electron chi connectivity index (χ1n) is 5.89. The van der Waals surface area contributed by atoms with Gasteiger partial charge in [0.25, 0.3) is 0 Å².